The molecule has 0 heterocycles. The van der Waals surface area contributed by atoms with Crippen LogP contribution in [0.25, 0.3) is 0 Å². The first-order chi connectivity index (χ1) is 13.6. The fourth-order valence-corrected chi connectivity index (χ4v) is 5.29. The van der Waals surface area contributed by atoms with Crippen LogP contribution in [0.2, 0.25) is 0 Å². The molecular weight excluding hydrogens is 516 g/mol. The first-order valence-electron chi connectivity index (χ1n) is 9.00. The number of hydrogen-bond donors (Lipinski definition) is 2. The minimum atomic E-state index is -3.90. The van der Waals surface area contributed by atoms with Gasteiger partial charge in [0.2, 0.25) is 10.0 Å². The average Bonchev–Trinajstić information content (AvgIpc) is 3.44. The van der Waals surface area contributed by atoms with Gasteiger partial charge >= 0.3 is 0 Å². The van der Waals surface area contributed by atoms with Crippen LogP contribution in [-0.2, 0) is 16.4 Å². The van der Waals surface area contributed by atoms with Crippen LogP contribution < -0.4 is 10.0 Å². The number of rotatable bonds is 8. The summed E-state index contributed by atoms with van der Waals surface area (Å²) >= 11 is 1.92. The van der Waals surface area contributed by atoms with E-state index in [1.165, 1.54) is 18.2 Å². The van der Waals surface area contributed by atoms with Crippen LogP contribution >= 0.6 is 22.6 Å². The molecule has 0 aromatic heterocycles. The van der Waals surface area contributed by atoms with E-state index in [4.69, 9.17) is 0 Å². The van der Waals surface area contributed by atoms with Crippen molar-refractivity contribution in [2.45, 2.75) is 37.4 Å². The Morgan fingerprint density at radius 2 is 1.86 bits per heavy atom. The zero-order valence-electron chi connectivity index (χ0n) is 15.7. The van der Waals surface area contributed by atoms with Gasteiger partial charge in [0.15, 0.2) is 11.6 Å². The van der Waals surface area contributed by atoms with E-state index in [0.717, 1.165) is 6.07 Å². The number of allylic oxidation sites excluding steroid dienone is 1. The molecule has 0 unspecified atom stereocenters. The highest BCUT2D eigenvalue weighted by molar-refractivity contribution is 14.1. The van der Waals surface area contributed by atoms with Crippen LogP contribution in [0.4, 0.5) is 30.2 Å². The van der Waals surface area contributed by atoms with E-state index < -0.39 is 37.9 Å². The Balaban J connectivity index is 2.10. The third kappa shape index (κ3) is 4.25. The van der Waals surface area contributed by atoms with Gasteiger partial charge in [0.05, 0.1) is 16.1 Å². The zero-order valence-corrected chi connectivity index (χ0v) is 18.6. The topological polar surface area (TPSA) is 58.2 Å². The molecule has 9 heteroatoms. The molecule has 0 bridgehead atoms. The van der Waals surface area contributed by atoms with Gasteiger partial charge in [-0.15, -0.1) is 6.58 Å². The highest BCUT2D eigenvalue weighted by atomic mass is 127. The zero-order chi connectivity index (χ0) is 21.4. The molecule has 29 heavy (non-hydrogen) atoms. The maximum atomic E-state index is 14.7. The minimum absolute atomic E-state index is 0.0929. The smallest absolute Gasteiger partial charge is 0.238 e. The molecule has 0 atom stereocenters. The maximum absolute atomic E-state index is 14.7. The number of hydrogen-bond acceptors (Lipinski definition) is 3. The number of anilines is 3. The number of sulfonamides is 1. The number of nitrogens with one attached hydrogen (secondary N) is 2. The fourth-order valence-electron chi connectivity index (χ4n) is 3.14. The second-order valence-corrected chi connectivity index (χ2v) is 10.3. The number of halogens is 4. The second-order valence-electron chi connectivity index (χ2n) is 6.97. The summed E-state index contributed by atoms with van der Waals surface area (Å²) in [4.78, 5) is 0. The molecule has 1 aliphatic rings. The molecule has 1 saturated carbocycles. The van der Waals surface area contributed by atoms with Crippen LogP contribution in [0.5, 0.6) is 0 Å². The van der Waals surface area contributed by atoms with Crippen LogP contribution in [-0.4, -0.2) is 13.2 Å². The minimum Gasteiger partial charge on any atom is -0.349 e. The molecule has 2 N–H and O–H groups in total. The van der Waals surface area contributed by atoms with E-state index in [9.17, 15) is 21.6 Å². The SMILES string of the molecule is C=CCC1(S(=O)(=O)Nc2c(CC)cc(F)c(F)c2Nc2ccc(I)cc2F)CC1. The highest BCUT2D eigenvalue weighted by Crippen LogP contribution is 2.48. The summed E-state index contributed by atoms with van der Waals surface area (Å²) in [6, 6.07) is 5.16. The Bertz CT molecular complexity index is 1070. The quantitative estimate of drug-likeness (QED) is 0.328. The predicted molar refractivity (Wildman–Crippen MR) is 117 cm³/mol. The van der Waals surface area contributed by atoms with Gasteiger partial charge in [-0.3, -0.25) is 4.72 Å². The molecule has 156 valence electrons. The van der Waals surface area contributed by atoms with Crippen molar-refractivity contribution >= 4 is 49.7 Å². The van der Waals surface area contributed by atoms with Crippen molar-refractivity contribution in [3.05, 3.63) is 63.5 Å². The van der Waals surface area contributed by atoms with Gasteiger partial charge in [-0.25, -0.2) is 21.6 Å². The van der Waals surface area contributed by atoms with E-state index in [-0.39, 0.29) is 29.8 Å². The van der Waals surface area contributed by atoms with Crippen molar-refractivity contribution in [3.63, 3.8) is 0 Å². The Kier molecular flexibility index (Phi) is 6.19. The second kappa shape index (κ2) is 8.17. The summed E-state index contributed by atoms with van der Waals surface area (Å²) in [5, 5.41) is 2.54. The van der Waals surface area contributed by atoms with E-state index in [1.807, 2.05) is 22.6 Å². The van der Waals surface area contributed by atoms with Crippen LogP contribution in [0, 0.1) is 21.0 Å². The maximum Gasteiger partial charge on any atom is 0.238 e. The van der Waals surface area contributed by atoms with Crippen molar-refractivity contribution in [2.24, 2.45) is 0 Å². The highest BCUT2D eigenvalue weighted by Gasteiger charge is 2.53. The summed E-state index contributed by atoms with van der Waals surface area (Å²) in [5.41, 5.74) is -0.389. The van der Waals surface area contributed by atoms with Crippen LogP contribution in [0.1, 0.15) is 31.7 Å². The van der Waals surface area contributed by atoms with Crippen LogP contribution in [0.15, 0.2) is 36.9 Å². The summed E-state index contributed by atoms with van der Waals surface area (Å²) in [5.74, 6) is -3.10. The van der Waals surface area contributed by atoms with Crippen molar-refractivity contribution in [1.82, 2.24) is 0 Å². The lowest BCUT2D eigenvalue weighted by Gasteiger charge is -2.22. The lowest BCUT2D eigenvalue weighted by molar-refractivity contribution is 0.510. The average molecular weight is 536 g/mol. The first-order valence-corrected chi connectivity index (χ1v) is 11.6. The summed E-state index contributed by atoms with van der Waals surface area (Å²) < 4.78 is 71.2. The largest absolute Gasteiger partial charge is 0.349 e. The summed E-state index contributed by atoms with van der Waals surface area (Å²) in [6.07, 6.45) is 2.93. The Morgan fingerprint density at radius 1 is 1.17 bits per heavy atom. The molecule has 0 spiro atoms. The molecule has 0 amide bonds. The Morgan fingerprint density at radius 3 is 2.41 bits per heavy atom. The molecule has 2 aromatic carbocycles. The van der Waals surface area contributed by atoms with Gasteiger partial charge in [0.25, 0.3) is 0 Å². The van der Waals surface area contributed by atoms with Gasteiger partial charge in [0.1, 0.15) is 11.5 Å². The van der Waals surface area contributed by atoms with Crippen molar-refractivity contribution in [2.75, 3.05) is 10.0 Å². The predicted octanol–water partition coefficient (Wildman–Crippen LogP) is 5.86. The molecule has 1 fully saturated rings. The van der Waals surface area contributed by atoms with Gasteiger partial charge in [-0.05, 0) is 78.1 Å². The lowest BCUT2D eigenvalue weighted by atomic mass is 10.1. The van der Waals surface area contributed by atoms with E-state index >= 15 is 0 Å². The standard InChI is InChI=1S/C20H20F3IN2O2S/c1-3-7-20(8-9-20)29(27,28)26-18-12(4-2)10-15(22)17(23)19(18)25-16-6-5-13(24)11-14(16)21/h3,5-6,10-11,25-26H,1,4,7-9H2,2H3. The van der Waals surface area contributed by atoms with E-state index in [2.05, 4.69) is 16.6 Å². The van der Waals surface area contributed by atoms with Crippen LogP contribution in [0.3, 0.4) is 0 Å². The lowest BCUT2D eigenvalue weighted by Crippen LogP contribution is -2.30. The monoisotopic (exact) mass is 536 g/mol. The molecule has 3 rings (SSSR count). The molecule has 0 radical (unpaired) electrons. The third-order valence-electron chi connectivity index (χ3n) is 5.00. The molecule has 2 aromatic rings. The first kappa shape index (κ1) is 21.9. The summed E-state index contributed by atoms with van der Waals surface area (Å²) in [6.45, 7) is 5.29. The summed E-state index contributed by atoms with van der Waals surface area (Å²) in [7, 11) is -3.90. The van der Waals surface area contributed by atoms with Gasteiger partial charge in [-0.2, -0.15) is 0 Å². The van der Waals surface area contributed by atoms with E-state index in [1.54, 1.807) is 13.0 Å². The van der Waals surface area contributed by atoms with Crippen molar-refractivity contribution < 1.29 is 21.6 Å². The van der Waals surface area contributed by atoms with E-state index in [0.29, 0.717) is 16.4 Å². The van der Waals surface area contributed by atoms with Crippen molar-refractivity contribution in [1.29, 1.82) is 0 Å². The van der Waals surface area contributed by atoms with Crippen molar-refractivity contribution in [3.8, 4) is 0 Å². The molecule has 0 aliphatic heterocycles. The van der Waals surface area contributed by atoms with Gasteiger partial charge in [-0.1, -0.05) is 13.0 Å². The third-order valence-corrected chi connectivity index (χ3v) is 7.86. The normalized spacial score (nSPS) is 15.1. The Labute approximate surface area is 181 Å². The number of aryl methyl sites for hydroxylation is 1. The number of benzene rings is 2. The Hall–Kier alpha value is -1.75. The molecule has 1 aliphatic carbocycles. The van der Waals surface area contributed by atoms with Gasteiger partial charge < -0.3 is 5.32 Å². The molecular formula is C20H20F3IN2O2S. The molecule has 0 saturated heterocycles. The fraction of sp³-hybridized carbons (Fsp3) is 0.300. The van der Waals surface area contributed by atoms with Gasteiger partial charge in [0, 0.05) is 3.57 Å². The molecule has 4 nitrogen and oxygen atoms in total.